The summed E-state index contributed by atoms with van der Waals surface area (Å²) in [6.07, 6.45) is 2.94. The monoisotopic (exact) mass is 422 g/mol. The molecule has 0 fully saturated rings. The van der Waals surface area contributed by atoms with E-state index in [2.05, 4.69) is 15.9 Å². The number of phenolic OH excluding ortho intramolecular Hbond substituents is 1. The average molecular weight is 423 g/mol. The number of allylic oxidation sites excluding steroid dienone is 1. The third kappa shape index (κ3) is 4.11. The number of rotatable bonds is 7. The van der Waals surface area contributed by atoms with Crippen molar-refractivity contribution >= 4 is 27.8 Å². The Labute approximate surface area is 160 Å². The third-order valence-corrected chi connectivity index (χ3v) is 4.42. The molecular weight excluding hydrogens is 404 g/mol. The number of ketones is 1. The van der Waals surface area contributed by atoms with Crippen LogP contribution in [0.3, 0.4) is 0 Å². The van der Waals surface area contributed by atoms with E-state index >= 15 is 0 Å². The molecule has 7 heteroatoms. The van der Waals surface area contributed by atoms with Crippen LogP contribution < -0.4 is 18.9 Å². The Hall–Kier alpha value is -2.67. The van der Waals surface area contributed by atoms with E-state index in [1.165, 1.54) is 26.4 Å². The summed E-state index contributed by atoms with van der Waals surface area (Å²) in [5.41, 5.74) is 0.742. The number of carbonyl (C=O) groups excluding carboxylic acids is 1. The van der Waals surface area contributed by atoms with Crippen LogP contribution in [0.2, 0.25) is 0 Å². The number of halogens is 1. The molecule has 6 nitrogen and oxygen atoms in total. The number of benzene rings is 2. The van der Waals surface area contributed by atoms with Crippen molar-refractivity contribution in [1.29, 1.82) is 0 Å². The van der Waals surface area contributed by atoms with Gasteiger partial charge in [-0.1, -0.05) is 6.08 Å². The molecule has 0 spiro atoms. The average Bonchev–Trinajstić information content (AvgIpc) is 2.67. The maximum atomic E-state index is 12.6. The minimum atomic E-state index is -0.426. The molecule has 2 rings (SSSR count). The van der Waals surface area contributed by atoms with E-state index in [1.54, 1.807) is 38.5 Å². The van der Waals surface area contributed by atoms with Crippen molar-refractivity contribution in [2.45, 2.75) is 0 Å². The maximum absolute atomic E-state index is 12.6. The van der Waals surface area contributed by atoms with Crippen LogP contribution in [-0.2, 0) is 0 Å². The minimum absolute atomic E-state index is 0.0336. The molecule has 0 radical (unpaired) electrons. The van der Waals surface area contributed by atoms with Gasteiger partial charge in [-0.15, -0.1) is 0 Å². The first-order valence-corrected chi connectivity index (χ1v) is 8.33. The van der Waals surface area contributed by atoms with Gasteiger partial charge in [0.05, 0.1) is 28.4 Å². The smallest absolute Gasteiger partial charge is 0.193 e. The normalized spacial score (nSPS) is 10.7. The molecule has 0 aliphatic rings. The number of ether oxygens (including phenoxy) is 4. The molecule has 0 saturated heterocycles. The Kier molecular flexibility index (Phi) is 6.52. The van der Waals surface area contributed by atoms with E-state index in [-0.39, 0.29) is 21.5 Å². The van der Waals surface area contributed by atoms with Crippen LogP contribution in [-0.4, -0.2) is 39.3 Å². The summed E-state index contributed by atoms with van der Waals surface area (Å²) in [6.45, 7) is 0. The highest BCUT2D eigenvalue weighted by molar-refractivity contribution is 9.10. The van der Waals surface area contributed by atoms with E-state index in [0.29, 0.717) is 22.8 Å². The van der Waals surface area contributed by atoms with Crippen molar-refractivity contribution in [2.24, 2.45) is 0 Å². The van der Waals surface area contributed by atoms with E-state index in [0.717, 1.165) is 0 Å². The molecule has 0 saturated carbocycles. The lowest BCUT2D eigenvalue weighted by Gasteiger charge is -2.13. The first kappa shape index (κ1) is 19.7. The van der Waals surface area contributed by atoms with Crippen LogP contribution in [0.1, 0.15) is 15.9 Å². The van der Waals surface area contributed by atoms with Gasteiger partial charge in [-0.05, 0) is 39.7 Å². The van der Waals surface area contributed by atoms with E-state index in [4.69, 9.17) is 18.9 Å². The third-order valence-electron chi connectivity index (χ3n) is 3.66. The van der Waals surface area contributed by atoms with Gasteiger partial charge in [0, 0.05) is 12.1 Å². The largest absolute Gasteiger partial charge is 0.506 e. The number of aromatic hydroxyl groups is 1. The Morgan fingerprint density at radius 2 is 1.50 bits per heavy atom. The lowest BCUT2D eigenvalue weighted by molar-refractivity contribution is 0.104. The van der Waals surface area contributed by atoms with Gasteiger partial charge in [0.1, 0.15) is 38.8 Å². The molecule has 2 aromatic rings. The second-order valence-electron chi connectivity index (χ2n) is 5.16. The van der Waals surface area contributed by atoms with Gasteiger partial charge >= 0.3 is 0 Å². The zero-order valence-electron chi connectivity index (χ0n) is 14.8. The van der Waals surface area contributed by atoms with Gasteiger partial charge in [-0.3, -0.25) is 4.79 Å². The SMILES string of the molecule is COc1cc(/C=C/C(=O)c2c(OC)cc(OC)c(Br)c2O)cc(OC)c1. The fourth-order valence-electron chi connectivity index (χ4n) is 2.33. The number of methoxy groups -OCH3 is 4. The second kappa shape index (κ2) is 8.62. The van der Waals surface area contributed by atoms with Gasteiger partial charge < -0.3 is 24.1 Å². The fourth-order valence-corrected chi connectivity index (χ4v) is 2.80. The lowest BCUT2D eigenvalue weighted by Crippen LogP contribution is -2.01. The summed E-state index contributed by atoms with van der Waals surface area (Å²) < 4.78 is 21.0. The first-order chi connectivity index (χ1) is 12.4. The van der Waals surface area contributed by atoms with E-state index < -0.39 is 5.78 Å². The Balaban J connectivity index is 2.42. The van der Waals surface area contributed by atoms with Gasteiger partial charge in [0.2, 0.25) is 0 Å². The van der Waals surface area contributed by atoms with Crippen molar-refractivity contribution < 1.29 is 28.8 Å². The quantitative estimate of drug-likeness (QED) is 0.534. The highest BCUT2D eigenvalue weighted by Gasteiger charge is 2.21. The molecule has 0 heterocycles. The number of carbonyl (C=O) groups is 1. The Morgan fingerprint density at radius 3 is 2.00 bits per heavy atom. The van der Waals surface area contributed by atoms with Gasteiger partial charge in [0.15, 0.2) is 5.78 Å². The van der Waals surface area contributed by atoms with Gasteiger partial charge in [-0.2, -0.15) is 0 Å². The number of hydrogen-bond acceptors (Lipinski definition) is 6. The van der Waals surface area contributed by atoms with Crippen LogP contribution >= 0.6 is 15.9 Å². The molecule has 0 bridgehead atoms. The van der Waals surface area contributed by atoms with Crippen LogP contribution in [0.15, 0.2) is 34.8 Å². The fraction of sp³-hybridized carbons (Fsp3) is 0.211. The number of phenols is 1. The van der Waals surface area contributed by atoms with Crippen LogP contribution in [0.25, 0.3) is 6.08 Å². The topological polar surface area (TPSA) is 74.2 Å². The predicted octanol–water partition coefficient (Wildman–Crippen LogP) is 4.09. The summed E-state index contributed by atoms with van der Waals surface area (Å²) in [4.78, 5) is 12.6. The van der Waals surface area contributed by atoms with E-state index in [1.807, 2.05) is 0 Å². The van der Waals surface area contributed by atoms with Crippen molar-refractivity contribution in [2.75, 3.05) is 28.4 Å². The molecule has 0 aromatic heterocycles. The van der Waals surface area contributed by atoms with Gasteiger partial charge in [-0.25, -0.2) is 0 Å². The molecule has 0 aliphatic carbocycles. The summed E-state index contributed by atoms with van der Waals surface area (Å²) >= 11 is 3.22. The highest BCUT2D eigenvalue weighted by atomic mass is 79.9. The first-order valence-electron chi connectivity index (χ1n) is 7.54. The standard InChI is InChI=1S/C19H19BrO6/c1-23-12-7-11(8-13(9-12)24-2)5-6-14(21)17-15(25-3)10-16(26-4)18(20)19(17)22/h5-10,22H,1-4H3/b6-5+. The van der Waals surface area contributed by atoms with Crippen molar-refractivity contribution in [3.05, 3.63) is 45.9 Å². The zero-order chi connectivity index (χ0) is 19.3. The minimum Gasteiger partial charge on any atom is -0.506 e. The molecule has 26 heavy (non-hydrogen) atoms. The van der Waals surface area contributed by atoms with Crippen LogP contribution in [0, 0.1) is 0 Å². The summed E-state index contributed by atoms with van der Waals surface area (Å²) in [5.74, 6) is 1.09. The van der Waals surface area contributed by atoms with Crippen LogP contribution in [0.5, 0.6) is 28.7 Å². The molecule has 0 amide bonds. The molecule has 0 aliphatic heterocycles. The van der Waals surface area contributed by atoms with Crippen molar-refractivity contribution in [3.8, 4) is 28.7 Å². The summed E-state index contributed by atoms with van der Waals surface area (Å²) in [7, 11) is 5.96. The highest BCUT2D eigenvalue weighted by Crippen LogP contribution is 2.42. The van der Waals surface area contributed by atoms with Gasteiger partial charge in [0.25, 0.3) is 0 Å². The molecular formula is C19H19BrO6. The van der Waals surface area contributed by atoms with E-state index in [9.17, 15) is 9.90 Å². The predicted molar refractivity (Wildman–Crippen MR) is 102 cm³/mol. The number of hydrogen-bond donors (Lipinski definition) is 1. The van der Waals surface area contributed by atoms with Crippen molar-refractivity contribution in [1.82, 2.24) is 0 Å². The van der Waals surface area contributed by atoms with Crippen LogP contribution in [0.4, 0.5) is 0 Å². The summed E-state index contributed by atoms with van der Waals surface area (Å²) in [5, 5.41) is 10.4. The zero-order valence-corrected chi connectivity index (χ0v) is 16.4. The Bertz CT molecular complexity index is 822. The Morgan fingerprint density at radius 1 is 0.923 bits per heavy atom. The summed E-state index contributed by atoms with van der Waals surface area (Å²) in [6, 6.07) is 6.77. The lowest BCUT2D eigenvalue weighted by atomic mass is 10.1. The molecule has 2 aromatic carbocycles. The maximum Gasteiger partial charge on any atom is 0.193 e. The second-order valence-corrected chi connectivity index (χ2v) is 5.96. The molecule has 138 valence electrons. The molecule has 0 atom stereocenters. The molecule has 1 N–H and O–H groups in total. The molecule has 0 unspecified atom stereocenters. The van der Waals surface area contributed by atoms with Crippen molar-refractivity contribution in [3.63, 3.8) is 0 Å².